The Hall–Kier alpha value is 1.62. The number of rotatable bonds is 10. The molecule has 0 amide bonds. The van der Waals surface area contributed by atoms with Crippen LogP contribution in [0.3, 0.4) is 0 Å². The summed E-state index contributed by atoms with van der Waals surface area (Å²) < 4.78 is 41.2. The molecule has 18 heteroatoms. The van der Waals surface area contributed by atoms with Gasteiger partial charge in [0.25, 0.3) is 0 Å². The Morgan fingerprint density at radius 1 is 0.389 bits per heavy atom. The van der Waals surface area contributed by atoms with Crippen LogP contribution in [-0.2, 0) is 18.9 Å². The molecule has 0 bridgehead atoms. The van der Waals surface area contributed by atoms with Crippen molar-refractivity contribution in [3.8, 4) is 0 Å². The summed E-state index contributed by atoms with van der Waals surface area (Å²) in [5.74, 6) is 0. The molecule has 5 N–H and O–H groups in total. The van der Waals surface area contributed by atoms with Gasteiger partial charge in [0.2, 0.25) is 0 Å². The zero-order chi connectivity index (χ0) is 48.4. The SMILES string of the molecule is C1CCOC1.C1CCOC1.C1CCOC1.C1CCOC1.CN1P(NC2CCCCC2)(NC2CCCCC2)=N[P@@](NC2CCCCC2)(=[NH+]C2CCCCC2)N(C)[P@]1([N-]C1CCCCC1)=[NH+]C1CCCCC1.[I-].[Li+]. The van der Waals surface area contributed by atoms with Crippen LogP contribution in [0.25, 0.3) is 5.09 Å². The van der Waals surface area contributed by atoms with Gasteiger partial charge in [0.05, 0.1) is 0 Å². The third-order valence-electron chi connectivity index (χ3n) is 16.9. The molecule has 0 radical (unpaired) electrons. The first-order valence-corrected chi connectivity index (χ1v) is 35.4. The van der Waals surface area contributed by atoms with Gasteiger partial charge in [-0.25, -0.2) is 9.83 Å². The van der Waals surface area contributed by atoms with E-state index in [4.69, 9.17) is 28.6 Å². The first-order chi connectivity index (χ1) is 34.5. The maximum atomic E-state index is 6.52. The second-order valence-electron chi connectivity index (χ2n) is 22.8. The molecule has 0 aromatic rings. The molecule has 4 saturated heterocycles. The zero-order valence-electron chi connectivity index (χ0n) is 46.6. The van der Waals surface area contributed by atoms with Crippen LogP contribution in [0.1, 0.15) is 244 Å². The van der Waals surface area contributed by atoms with Crippen LogP contribution in [0.5, 0.6) is 0 Å². The molecule has 5 heterocycles. The molecule has 72 heavy (non-hydrogen) atoms. The van der Waals surface area contributed by atoms with Crippen LogP contribution >= 0.6 is 22.5 Å². The van der Waals surface area contributed by atoms with Gasteiger partial charge in [-0.05, 0) is 116 Å². The molecule has 0 aromatic heterocycles. The normalized spacial score (nSPS) is 30.5. The van der Waals surface area contributed by atoms with Gasteiger partial charge in [-0.1, -0.05) is 103 Å². The Morgan fingerprint density at radius 3 is 1.03 bits per heavy atom. The zero-order valence-corrected chi connectivity index (χ0v) is 51.5. The third kappa shape index (κ3) is 21.3. The monoisotopic (exact) mass is 1170 g/mol. The molecule has 6 aliphatic carbocycles. The van der Waals surface area contributed by atoms with Crippen LogP contribution in [-0.4, -0.2) is 112 Å². The Labute approximate surface area is 471 Å². The smallest absolute Gasteiger partial charge is 1.00 e. The van der Waals surface area contributed by atoms with Gasteiger partial charge in [0.1, 0.15) is 12.1 Å². The summed E-state index contributed by atoms with van der Waals surface area (Å²) in [6, 6.07) is 3.08. The molecule has 0 spiro atoms. The third-order valence-corrected chi connectivity index (χ3v) is 29.6. The van der Waals surface area contributed by atoms with Gasteiger partial charge in [0, 0.05) is 111 Å². The van der Waals surface area contributed by atoms with E-state index >= 15 is 0 Å². The summed E-state index contributed by atoms with van der Waals surface area (Å²) in [6.45, 7) is 8.00. The summed E-state index contributed by atoms with van der Waals surface area (Å²) in [6.07, 6.45) is 50.0. The van der Waals surface area contributed by atoms with Crippen molar-refractivity contribution >= 4 is 22.5 Å². The Balaban J connectivity index is 0.000000360. The Bertz CT molecular complexity index is 1480. The van der Waals surface area contributed by atoms with Crippen LogP contribution in [0.15, 0.2) is 4.52 Å². The minimum Gasteiger partial charge on any atom is -1.00 e. The van der Waals surface area contributed by atoms with Gasteiger partial charge in [-0.15, -0.1) is 10.5 Å². The van der Waals surface area contributed by atoms with E-state index in [0.29, 0.717) is 36.3 Å². The van der Waals surface area contributed by atoms with E-state index in [1.54, 1.807) is 0 Å². The van der Waals surface area contributed by atoms with E-state index in [2.05, 4.69) is 47.7 Å². The number of halogens is 1. The molecule has 13 nitrogen and oxygen atoms in total. The standard InChI is InChI=1S/C38H75N9P3.4C4H8O.HI.Li/c1-46-48(39-33-21-9-3-10-22-33,40-34-23-11-4-12-24-34)45-49(41-35-25-13-5-14-26-35,42-36-27-15-6-16-28-36)47(2)50(46,43-37-29-17-7-18-30-37)44-38-31-19-8-20-32-38;4*1-2-4-5-3-1;;/h33-40H,3-32H2,1-2H3,(H-,41,42,43,44);4*1-4H2;1H;/q-1;;;;;;+1/p+1. The molecule has 0 unspecified atom stereocenters. The number of hydrogen-bond donors (Lipinski definition) is 5. The topological polar surface area (TPSA) is 134 Å². The fourth-order valence-electron chi connectivity index (χ4n) is 12.6. The van der Waals surface area contributed by atoms with Crippen LogP contribution in [0.4, 0.5) is 0 Å². The van der Waals surface area contributed by atoms with E-state index in [-0.39, 0.29) is 42.8 Å². The molecule has 2 atom stereocenters. The van der Waals surface area contributed by atoms with Crippen LogP contribution in [0.2, 0.25) is 0 Å². The predicted molar refractivity (Wildman–Crippen MR) is 295 cm³/mol. The van der Waals surface area contributed by atoms with Crippen molar-refractivity contribution in [2.24, 2.45) is 4.52 Å². The number of nitrogens with one attached hydrogen (secondary N) is 5. The molecule has 416 valence electrons. The van der Waals surface area contributed by atoms with E-state index in [1.165, 1.54) is 244 Å². The van der Waals surface area contributed by atoms with Crippen molar-refractivity contribution in [3.63, 3.8) is 0 Å². The quantitative estimate of drug-likeness (QED) is 0.0987. The molecular weight excluding hydrogens is 1070 g/mol. The average Bonchev–Trinajstić information content (AvgIpc) is 4.28. The van der Waals surface area contributed by atoms with Crippen molar-refractivity contribution < 1.29 is 71.3 Å². The second kappa shape index (κ2) is 36.8. The molecular formula is C54H109ILiN9O4P3+. The van der Waals surface area contributed by atoms with E-state index in [1.807, 2.05) is 0 Å². The second-order valence-corrected chi connectivity index (χ2v) is 31.7. The number of ether oxygens (including phenoxy) is 4. The molecule has 10 fully saturated rings. The summed E-state index contributed by atoms with van der Waals surface area (Å²) in [7, 11) is -2.32. The minimum absolute atomic E-state index is 0. The van der Waals surface area contributed by atoms with Crippen LogP contribution in [0, 0.1) is 0 Å². The van der Waals surface area contributed by atoms with E-state index in [9.17, 15) is 0 Å². The molecule has 11 rings (SSSR count). The summed E-state index contributed by atoms with van der Waals surface area (Å²) in [4.78, 5) is 0. The fraction of sp³-hybridized carbons (Fsp3) is 1.00. The van der Waals surface area contributed by atoms with E-state index in [0.717, 1.165) is 52.9 Å². The van der Waals surface area contributed by atoms with Gasteiger partial charge >= 0.3 is 26.4 Å². The summed E-state index contributed by atoms with van der Waals surface area (Å²) in [5.41, 5.74) is 0. The molecule has 11 aliphatic rings. The fourth-order valence-corrected chi connectivity index (χ4v) is 27.9. The van der Waals surface area contributed by atoms with E-state index < -0.39 is 22.5 Å². The van der Waals surface area contributed by atoms with Gasteiger partial charge in [0.15, 0.2) is 15.0 Å². The van der Waals surface area contributed by atoms with Crippen molar-refractivity contribution in [3.05, 3.63) is 5.09 Å². The minimum atomic E-state index is -2.44. The van der Waals surface area contributed by atoms with Crippen molar-refractivity contribution in [2.45, 2.75) is 280 Å². The number of nitrogens with zero attached hydrogens (tertiary/aromatic N) is 4. The van der Waals surface area contributed by atoms with Gasteiger partial charge in [-0.2, -0.15) is 8.96 Å². The first-order valence-electron chi connectivity index (χ1n) is 30.3. The maximum absolute atomic E-state index is 6.52. The molecule has 6 saturated carbocycles. The van der Waals surface area contributed by atoms with Crippen LogP contribution < -0.4 is 67.6 Å². The average molecular weight is 1180 g/mol. The molecule has 0 aromatic carbocycles. The first kappa shape index (κ1) is 64.4. The van der Waals surface area contributed by atoms with Gasteiger partial charge in [-0.3, -0.25) is 14.9 Å². The predicted octanol–water partition coefficient (Wildman–Crippen LogP) is 6.20. The van der Waals surface area contributed by atoms with Crippen molar-refractivity contribution in [2.75, 3.05) is 67.0 Å². The Kier molecular flexibility index (Phi) is 32.9. The van der Waals surface area contributed by atoms with Crippen molar-refractivity contribution in [1.29, 1.82) is 0 Å². The maximum Gasteiger partial charge on any atom is 1.00 e. The van der Waals surface area contributed by atoms with Crippen molar-refractivity contribution in [1.82, 2.24) is 24.1 Å². The van der Waals surface area contributed by atoms with Gasteiger partial charge < -0.3 is 48.0 Å². The summed E-state index contributed by atoms with van der Waals surface area (Å²) >= 11 is 0. The Morgan fingerprint density at radius 2 is 0.694 bits per heavy atom. The largest absolute Gasteiger partial charge is 1.00 e. The summed E-state index contributed by atoms with van der Waals surface area (Å²) in [5, 5.41) is 20.0. The number of hydrogen-bond acceptors (Lipinski definition) is 6. The molecule has 5 aliphatic heterocycles.